The molecule has 1 aliphatic heterocycles. The summed E-state index contributed by atoms with van der Waals surface area (Å²) in [5, 5.41) is 10.8. The molecule has 1 heterocycles. The highest BCUT2D eigenvalue weighted by Crippen LogP contribution is 2.33. The maximum absolute atomic E-state index is 13.1. The van der Waals surface area contributed by atoms with E-state index in [-0.39, 0.29) is 22.4 Å². The van der Waals surface area contributed by atoms with Crippen molar-refractivity contribution in [3.63, 3.8) is 0 Å². The van der Waals surface area contributed by atoms with Gasteiger partial charge in [0.2, 0.25) is 0 Å². The van der Waals surface area contributed by atoms with E-state index < -0.39 is 22.5 Å². The lowest BCUT2D eigenvalue weighted by molar-refractivity contribution is -0.137. The largest absolute Gasteiger partial charge is 0.768 e. The first-order chi connectivity index (χ1) is 13.3. The third kappa shape index (κ3) is 4.70. The summed E-state index contributed by atoms with van der Waals surface area (Å²) < 4.78 is 40.4. The molecule has 0 saturated carbocycles. The number of hydrogen-bond acceptors (Lipinski definition) is 5. The molecule has 1 aliphatic rings. The minimum Gasteiger partial charge on any atom is -0.768 e. The molecular weight excluding hydrogens is 409 g/mol. The van der Waals surface area contributed by atoms with Crippen LogP contribution in [0, 0.1) is 5.82 Å². The van der Waals surface area contributed by atoms with E-state index >= 15 is 0 Å². The van der Waals surface area contributed by atoms with Gasteiger partial charge < -0.3 is 19.3 Å². The fourth-order valence-corrected chi connectivity index (χ4v) is 3.62. The quantitative estimate of drug-likeness (QED) is 0.742. The Kier molecular flexibility index (Phi) is 6.34. The predicted octanol–water partition coefficient (Wildman–Crippen LogP) is 2.61. The number of carbonyl (C=O) groups is 1. The van der Waals surface area contributed by atoms with E-state index in [0.717, 1.165) is 6.07 Å². The number of aliphatic hydroxyl groups is 1. The molecule has 0 bridgehead atoms. The third-order valence-corrected chi connectivity index (χ3v) is 5.73. The molecule has 1 amide bonds. The number of piperidine rings is 1. The molecule has 1 unspecified atom stereocenters. The van der Waals surface area contributed by atoms with Crippen LogP contribution in [0.5, 0.6) is 5.75 Å². The molecule has 6 nitrogen and oxygen atoms in total. The lowest BCUT2D eigenvalue weighted by atomic mass is 9.84. The van der Waals surface area contributed by atoms with Crippen molar-refractivity contribution in [2.75, 3.05) is 19.7 Å². The minimum absolute atomic E-state index is 0.0835. The van der Waals surface area contributed by atoms with Crippen molar-refractivity contribution in [2.45, 2.75) is 23.3 Å². The van der Waals surface area contributed by atoms with Crippen LogP contribution >= 0.6 is 11.6 Å². The van der Waals surface area contributed by atoms with Crippen LogP contribution in [0.15, 0.2) is 47.4 Å². The van der Waals surface area contributed by atoms with Crippen molar-refractivity contribution >= 4 is 28.6 Å². The normalized spacial score (nSPS) is 17.2. The van der Waals surface area contributed by atoms with Crippen LogP contribution < -0.4 is 4.74 Å². The van der Waals surface area contributed by atoms with E-state index in [0.29, 0.717) is 37.2 Å². The molecule has 1 fully saturated rings. The number of rotatable bonds is 5. The first-order valence-corrected chi connectivity index (χ1v) is 10.0. The molecule has 150 valence electrons. The van der Waals surface area contributed by atoms with Crippen LogP contribution in [0.2, 0.25) is 5.02 Å². The molecule has 0 aromatic heterocycles. The van der Waals surface area contributed by atoms with Crippen LogP contribution in [0.4, 0.5) is 4.39 Å². The van der Waals surface area contributed by atoms with Crippen LogP contribution in [-0.2, 0) is 21.5 Å². The third-order valence-electron chi connectivity index (χ3n) is 4.78. The Labute approximate surface area is 169 Å². The molecule has 28 heavy (non-hydrogen) atoms. The average molecular weight is 427 g/mol. The zero-order chi connectivity index (χ0) is 20.3. The van der Waals surface area contributed by atoms with Gasteiger partial charge in [0.15, 0.2) is 6.61 Å². The number of ether oxygens (including phenoxy) is 1. The van der Waals surface area contributed by atoms with E-state index in [1.807, 2.05) is 0 Å². The van der Waals surface area contributed by atoms with Gasteiger partial charge in [-0.1, -0.05) is 23.7 Å². The van der Waals surface area contributed by atoms with Crippen molar-refractivity contribution in [2.24, 2.45) is 0 Å². The van der Waals surface area contributed by atoms with Gasteiger partial charge in [-0.2, -0.15) is 0 Å². The summed E-state index contributed by atoms with van der Waals surface area (Å²) >= 11 is 3.37. The summed E-state index contributed by atoms with van der Waals surface area (Å²) in [6.45, 7) is 0.445. The van der Waals surface area contributed by atoms with Gasteiger partial charge in [0, 0.05) is 24.1 Å². The summed E-state index contributed by atoms with van der Waals surface area (Å²) in [5.74, 6) is -0.520. The highest BCUT2D eigenvalue weighted by molar-refractivity contribution is 7.79. The average Bonchev–Trinajstić information content (AvgIpc) is 2.69. The molecule has 1 saturated heterocycles. The fraction of sp³-hybridized carbons (Fsp3) is 0.316. The molecule has 0 radical (unpaired) electrons. The number of hydrogen-bond donors (Lipinski definition) is 1. The van der Waals surface area contributed by atoms with Crippen molar-refractivity contribution in [3.05, 3.63) is 58.9 Å². The van der Waals surface area contributed by atoms with Crippen molar-refractivity contribution in [1.82, 2.24) is 4.90 Å². The van der Waals surface area contributed by atoms with Gasteiger partial charge in [-0.3, -0.25) is 9.00 Å². The molecular formula is C19H18ClFNO5S-. The monoisotopic (exact) mass is 426 g/mol. The highest BCUT2D eigenvalue weighted by atomic mass is 35.5. The summed E-state index contributed by atoms with van der Waals surface area (Å²) in [4.78, 5) is 14.1. The van der Waals surface area contributed by atoms with Crippen LogP contribution in [0.3, 0.4) is 0 Å². The molecule has 3 rings (SSSR count). The van der Waals surface area contributed by atoms with Crippen LogP contribution in [-0.4, -0.2) is 44.4 Å². The van der Waals surface area contributed by atoms with E-state index in [4.69, 9.17) is 16.3 Å². The number of nitrogens with zero attached hydrogens (tertiary/aromatic N) is 1. The number of halogens is 2. The second-order valence-electron chi connectivity index (χ2n) is 6.54. The summed E-state index contributed by atoms with van der Waals surface area (Å²) in [7, 11) is 0. The Balaban J connectivity index is 1.55. The van der Waals surface area contributed by atoms with Gasteiger partial charge in [-0.25, -0.2) is 4.39 Å². The summed E-state index contributed by atoms with van der Waals surface area (Å²) in [6.07, 6.45) is 0.641. The zero-order valence-corrected chi connectivity index (χ0v) is 16.3. The van der Waals surface area contributed by atoms with Gasteiger partial charge in [0.05, 0.1) is 10.6 Å². The SMILES string of the molecule is O=C(COc1ccc(F)c(Cl)c1)N1CCC(O)(c2ccc(S(=O)[O-])cc2)CC1. The predicted molar refractivity (Wildman–Crippen MR) is 100 cm³/mol. The number of amides is 1. The molecule has 1 N–H and O–H groups in total. The topological polar surface area (TPSA) is 89.9 Å². The number of benzene rings is 2. The van der Waals surface area contributed by atoms with Crippen molar-refractivity contribution < 1.29 is 27.8 Å². The van der Waals surface area contributed by atoms with E-state index in [1.54, 1.807) is 17.0 Å². The second kappa shape index (κ2) is 8.57. The lowest BCUT2D eigenvalue weighted by Gasteiger charge is -2.38. The van der Waals surface area contributed by atoms with E-state index in [2.05, 4.69) is 0 Å². The lowest BCUT2D eigenvalue weighted by Crippen LogP contribution is -2.46. The Hall–Kier alpha value is -2.00. The molecule has 2 aromatic rings. The van der Waals surface area contributed by atoms with Crippen LogP contribution in [0.25, 0.3) is 0 Å². The Morgan fingerprint density at radius 3 is 2.46 bits per heavy atom. The highest BCUT2D eigenvalue weighted by Gasteiger charge is 2.35. The molecule has 0 spiro atoms. The Morgan fingerprint density at radius 2 is 1.89 bits per heavy atom. The van der Waals surface area contributed by atoms with Crippen LogP contribution in [0.1, 0.15) is 18.4 Å². The van der Waals surface area contributed by atoms with Gasteiger partial charge >= 0.3 is 0 Å². The summed E-state index contributed by atoms with van der Waals surface area (Å²) in [6, 6.07) is 9.91. The van der Waals surface area contributed by atoms with Gasteiger partial charge in [0.1, 0.15) is 11.6 Å². The van der Waals surface area contributed by atoms with E-state index in [9.17, 15) is 23.1 Å². The first kappa shape index (κ1) is 20.7. The Morgan fingerprint density at radius 1 is 1.25 bits per heavy atom. The van der Waals surface area contributed by atoms with Gasteiger partial charge in [-0.15, -0.1) is 0 Å². The molecule has 0 aliphatic carbocycles. The van der Waals surface area contributed by atoms with Gasteiger partial charge in [0.25, 0.3) is 5.91 Å². The van der Waals surface area contributed by atoms with Crippen molar-refractivity contribution in [3.8, 4) is 5.75 Å². The molecule has 1 atom stereocenters. The first-order valence-electron chi connectivity index (χ1n) is 8.56. The minimum atomic E-state index is -2.32. The van der Waals surface area contributed by atoms with Gasteiger partial charge in [-0.05, 0) is 53.8 Å². The summed E-state index contributed by atoms with van der Waals surface area (Å²) in [5.41, 5.74) is -0.503. The van der Waals surface area contributed by atoms with Crippen molar-refractivity contribution in [1.29, 1.82) is 0 Å². The standard InChI is InChI=1S/C19H19ClFNO5S/c20-16-11-14(3-6-17(16)21)27-12-18(23)22-9-7-19(24,8-10-22)13-1-4-15(5-2-13)28(25)26/h1-6,11,24H,7-10,12H2,(H,25,26)/p-1. The smallest absolute Gasteiger partial charge is 0.260 e. The maximum Gasteiger partial charge on any atom is 0.260 e. The maximum atomic E-state index is 13.1. The second-order valence-corrected chi connectivity index (χ2v) is 7.88. The number of likely N-dealkylation sites (tertiary alicyclic amines) is 1. The van der Waals surface area contributed by atoms with E-state index in [1.165, 1.54) is 24.3 Å². The molecule has 2 aromatic carbocycles. The zero-order valence-electron chi connectivity index (χ0n) is 14.8. The molecule has 9 heteroatoms. The Bertz CT molecular complexity index is 884. The number of carbonyl (C=O) groups excluding carboxylic acids is 1. The fourth-order valence-electron chi connectivity index (χ4n) is 3.09.